The lowest BCUT2D eigenvalue weighted by Gasteiger charge is -2.33. The van der Waals surface area contributed by atoms with Crippen LogP contribution in [0.15, 0.2) is 103 Å². The summed E-state index contributed by atoms with van der Waals surface area (Å²) in [6.07, 6.45) is 3.40. The Labute approximate surface area is 201 Å². The number of benzene rings is 4. The number of halogens is 1. The number of unbranched alkanes of at least 4 members (excludes halogenated alkanes) is 1. The fourth-order valence-corrected chi connectivity index (χ4v) is 4.32. The molecule has 5 rings (SSSR count). The molecule has 0 aliphatic carbocycles. The van der Waals surface area contributed by atoms with Crippen molar-refractivity contribution in [2.45, 2.75) is 26.2 Å². The highest BCUT2D eigenvalue weighted by Crippen LogP contribution is 2.39. The summed E-state index contributed by atoms with van der Waals surface area (Å²) >= 11 is 6.14. The number of anilines is 2. The van der Waals surface area contributed by atoms with Gasteiger partial charge in [0, 0.05) is 40.5 Å². The Morgan fingerprint density at radius 2 is 1.33 bits per heavy atom. The maximum absolute atomic E-state index is 11.8. The molecule has 0 aromatic heterocycles. The molecule has 0 spiro atoms. The maximum atomic E-state index is 11.8. The van der Waals surface area contributed by atoms with Gasteiger partial charge in [-0.15, -0.1) is 0 Å². The van der Waals surface area contributed by atoms with Gasteiger partial charge in [-0.2, -0.15) is 0 Å². The summed E-state index contributed by atoms with van der Waals surface area (Å²) in [6.45, 7) is 3.31. The van der Waals surface area contributed by atoms with Gasteiger partial charge in [-0.3, -0.25) is 4.79 Å². The van der Waals surface area contributed by atoms with Crippen LogP contribution in [0.3, 0.4) is 0 Å². The summed E-state index contributed by atoms with van der Waals surface area (Å²) in [6, 6.07) is 33.5. The molecule has 0 radical (unpaired) electrons. The van der Waals surface area contributed by atoms with Crippen LogP contribution in [0.1, 0.15) is 46.8 Å². The van der Waals surface area contributed by atoms with E-state index < -0.39 is 0 Å². The molecule has 0 N–H and O–H groups in total. The van der Waals surface area contributed by atoms with E-state index in [4.69, 9.17) is 11.6 Å². The van der Waals surface area contributed by atoms with Gasteiger partial charge in [0.05, 0.1) is 0 Å². The number of carbonyl (C=O) groups excluding carboxylic acids is 1. The smallest absolute Gasteiger partial charge is 0.193 e. The van der Waals surface area contributed by atoms with E-state index in [1.807, 2.05) is 66.7 Å². The van der Waals surface area contributed by atoms with Crippen LogP contribution in [-0.2, 0) is 6.42 Å². The average Bonchev–Trinajstić information content (AvgIpc) is 2.87. The van der Waals surface area contributed by atoms with Crippen LogP contribution < -0.4 is 4.90 Å². The Morgan fingerprint density at radius 3 is 1.97 bits per heavy atom. The minimum atomic E-state index is 0.0752. The number of nitrogens with zero attached hydrogens (tertiary/aromatic N) is 1. The molecule has 1 heterocycles. The minimum absolute atomic E-state index is 0.0752. The average molecular weight is 454 g/mol. The normalized spacial score (nSPS) is 11.6. The van der Waals surface area contributed by atoms with Crippen LogP contribution in [0.4, 0.5) is 11.4 Å². The molecular weight excluding hydrogens is 426 g/mol. The van der Waals surface area contributed by atoms with Crippen molar-refractivity contribution in [3.8, 4) is 0 Å². The van der Waals surface area contributed by atoms with Crippen molar-refractivity contribution >= 4 is 28.8 Å². The van der Waals surface area contributed by atoms with Crippen molar-refractivity contribution in [1.82, 2.24) is 0 Å². The molecule has 0 atom stereocenters. The Kier molecular flexibility index (Phi) is 7.59. The molecule has 0 saturated carbocycles. The largest absolute Gasteiger partial charge is 0.341 e. The van der Waals surface area contributed by atoms with Crippen molar-refractivity contribution in [2.75, 3.05) is 11.4 Å². The first-order valence-corrected chi connectivity index (χ1v) is 11.8. The van der Waals surface area contributed by atoms with Crippen LogP contribution >= 0.6 is 11.6 Å². The first-order chi connectivity index (χ1) is 16.2. The van der Waals surface area contributed by atoms with Crippen LogP contribution in [0.5, 0.6) is 0 Å². The second-order valence-electron chi connectivity index (χ2n) is 8.14. The van der Waals surface area contributed by atoms with Gasteiger partial charge in [-0.1, -0.05) is 104 Å². The Bertz CT molecular complexity index is 1160. The van der Waals surface area contributed by atoms with Gasteiger partial charge in [0.1, 0.15) is 0 Å². The highest BCUT2D eigenvalue weighted by atomic mass is 35.5. The van der Waals surface area contributed by atoms with Gasteiger partial charge < -0.3 is 4.90 Å². The summed E-state index contributed by atoms with van der Waals surface area (Å²) in [5, 5.41) is 0.827. The van der Waals surface area contributed by atoms with Crippen LogP contribution in [-0.4, -0.2) is 12.3 Å². The first kappa shape index (κ1) is 22.8. The second kappa shape index (κ2) is 11.0. The van der Waals surface area contributed by atoms with Crippen molar-refractivity contribution in [1.29, 1.82) is 0 Å². The molecule has 4 aromatic rings. The molecule has 0 saturated heterocycles. The molecule has 2 nitrogen and oxygen atoms in total. The molecular formula is C30H28ClNO. The van der Waals surface area contributed by atoms with E-state index in [0.29, 0.717) is 0 Å². The lowest BCUT2D eigenvalue weighted by atomic mass is 9.95. The standard InChI is InChI=1S/C17H18ClN.C13H10O/c1-2-3-10-19-16-7-5-4-6-13(16)11-14-12-15(18)8-9-17(14)19;14-13(11-7-3-1-4-8-11)12-9-5-2-6-10-12/h4-9,12H,2-3,10-11H2,1H3;1-10H. The summed E-state index contributed by atoms with van der Waals surface area (Å²) in [4.78, 5) is 14.3. The summed E-state index contributed by atoms with van der Waals surface area (Å²) in [5.41, 5.74) is 6.87. The third-order valence-corrected chi connectivity index (χ3v) is 6.04. The van der Waals surface area contributed by atoms with Crippen molar-refractivity contribution < 1.29 is 4.79 Å². The Morgan fingerprint density at radius 1 is 0.758 bits per heavy atom. The lowest BCUT2D eigenvalue weighted by molar-refractivity contribution is 0.103. The van der Waals surface area contributed by atoms with E-state index in [1.165, 1.54) is 35.3 Å². The van der Waals surface area contributed by atoms with E-state index >= 15 is 0 Å². The van der Waals surface area contributed by atoms with Crippen molar-refractivity contribution in [3.63, 3.8) is 0 Å². The molecule has 3 heteroatoms. The van der Waals surface area contributed by atoms with E-state index in [-0.39, 0.29) is 5.78 Å². The number of rotatable bonds is 5. The van der Waals surface area contributed by atoms with Crippen LogP contribution in [0.2, 0.25) is 5.02 Å². The quantitative estimate of drug-likeness (QED) is 0.284. The van der Waals surface area contributed by atoms with E-state index in [2.05, 4.69) is 48.2 Å². The zero-order valence-electron chi connectivity index (χ0n) is 18.9. The zero-order valence-corrected chi connectivity index (χ0v) is 19.6. The van der Waals surface area contributed by atoms with Gasteiger partial charge in [-0.25, -0.2) is 0 Å². The van der Waals surface area contributed by atoms with Gasteiger partial charge in [0.15, 0.2) is 5.78 Å². The number of hydrogen-bond donors (Lipinski definition) is 0. The van der Waals surface area contributed by atoms with Crippen molar-refractivity contribution in [3.05, 3.63) is 130 Å². The predicted molar refractivity (Wildman–Crippen MR) is 139 cm³/mol. The third-order valence-electron chi connectivity index (χ3n) is 5.80. The molecule has 0 unspecified atom stereocenters. The molecule has 1 aliphatic heterocycles. The number of fused-ring (bicyclic) bond motifs is 2. The fraction of sp³-hybridized carbons (Fsp3) is 0.167. The molecule has 0 fully saturated rings. The van der Waals surface area contributed by atoms with Gasteiger partial charge in [-0.05, 0) is 41.8 Å². The monoisotopic (exact) mass is 453 g/mol. The molecule has 0 amide bonds. The summed E-state index contributed by atoms with van der Waals surface area (Å²) < 4.78 is 0. The first-order valence-electron chi connectivity index (χ1n) is 11.5. The van der Waals surface area contributed by atoms with E-state index in [0.717, 1.165) is 29.1 Å². The second-order valence-corrected chi connectivity index (χ2v) is 8.58. The lowest BCUT2D eigenvalue weighted by Crippen LogP contribution is -2.24. The molecule has 4 aromatic carbocycles. The van der Waals surface area contributed by atoms with Crippen molar-refractivity contribution in [2.24, 2.45) is 0 Å². The number of hydrogen-bond acceptors (Lipinski definition) is 2. The number of para-hydroxylation sites is 1. The topological polar surface area (TPSA) is 20.3 Å². The van der Waals surface area contributed by atoms with Gasteiger partial charge in [0.25, 0.3) is 0 Å². The highest BCUT2D eigenvalue weighted by Gasteiger charge is 2.21. The number of carbonyl (C=O) groups is 1. The van der Waals surface area contributed by atoms with Gasteiger partial charge in [0.2, 0.25) is 0 Å². The fourth-order valence-electron chi connectivity index (χ4n) is 4.12. The summed E-state index contributed by atoms with van der Waals surface area (Å²) in [7, 11) is 0. The highest BCUT2D eigenvalue weighted by molar-refractivity contribution is 6.30. The SMILES string of the molecule is CCCCN1c2ccccc2Cc2cc(Cl)ccc21.O=C(c1ccccc1)c1ccccc1. The van der Waals surface area contributed by atoms with Crippen LogP contribution in [0.25, 0.3) is 0 Å². The van der Waals surface area contributed by atoms with E-state index in [1.54, 1.807) is 0 Å². The van der Waals surface area contributed by atoms with Gasteiger partial charge >= 0.3 is 0 Å². The molecule has 0 bridgehead atoms. The molecule has 166 valence electrons. The third kappa shape index (κ3) is 5.53. The molecule has 33 heavy (non-hydrogen) atoms. The summed E-state index contributed by atoms with van der Waals surface area (Å²) in [5.74, 6) is 0.0752. The van der Waals surface area contributed by atoms with Crippen LogP contribution in [0, 0.1) is 0 Å². The maximum Gasteiger partial charge on any atom is 0.193 e. The van der Waals surface area contributed by atoms with E-state index in [9.17, 15) is 4.79 Å². The predicted octanol–water partition coefficient (Wildman–Crippen LogP) is 8.10. The Balaban J connectivity index is 0.000000165. The number of ketones is 1. The minimum Gasteiger partial charge on any atom is -0.341 e. The molecule has 1 aliphatic rings. The zero-order chi connectivity index (χ0) is 23.0. The Hall–Kier alpha value is -3.36.